The van der Waals surface area contributed by atoms with Crippen molar-refractivity contribution in [2.75, 3.05) is 0 Å². The molecule has 0 aromatic carbocycles. The molecule has 0 spiro atoms. The SMILES string of the molecule is CC1=CCC(C)[C]=C1C(=O)C(=O)O. The largest absolute Gasteiger partial charge is 0.475 e. The van der Waals surface area contributed by atoms with Gasteiger partial charge in [0, 0.05) is 5.57 Å². The zero-order valence-corrected chi connectivity index (χ0v) is 7.63. The number of hydrogen-bond donors (Lipinski definition) is 1. The van der Waals surface area contributed by atoms with Crippen LogP contribution in [0.15, 0.2) is 17.2 Å². The van der Waals surface area contributed by atoms with E-state index in [9.17, 15) is 9.59 Å². The van der Waals surface area contributed by atoms with E-state index in [0.717, 1.165) is 6.42 Å². The van der Waals surface area contributed by atoms with Crippen LogP contribution in [0.4, 0.5) is 0 Å². The van der Waals surface area contributed by atoms with Crippen LogP contribution in [-0.2, 0) is 9.59 Å². The van der Waals surface area contributed by atoms with Crippen LogP contribution in [0.25, 0.3) is 0 Å². The fraction of sp³-hybridized carbons (Fsp3) is 0.400. The fourth-order valence-electron chi connectivity index (χ4n) is 1.23. The summed E-state index contributed by atoms with van der Waals surface area (Å²) in [6, 6.07) is 0. The average molecular weight is 179 g/mol. The van der Waals surface area contributed by atoms with Gasteiger partial charge >= 0.3 is 5.97 Å². The molecule has 1 aliphatic rings. The highest BCUT2D eigenvalue weighted by Crippen LogP contribution is 2.21. The van der Waals surface area contributed by atoms with E-state index < -0.39 is 11.8 Å². The molecule has 0 fully saturated rings. The molecule has 0 saturated heterocycles. The standard InChI is InChI=1S/C10H11O3/c1-6-3-4-7(2)8(5-6)9(11)10(12)13/h4,6H,3H2,1-2H3,(H,12,13). The summed E-state index contributed by atoms with van der Waals surface area (Å²) < 4.78 is 0. The lowest BCUT2D eigenvalue weighted by Crippen LogP contribution is -2.18. The van der Waals surface area contributed by atoms with E-state index in [4.69, 9.17) is 5.11 Å². The van der Waals surface area contributed by atoms with E-state index in [1.165, 1.54) is 0 Å². The van der Waals surface area contributed by atoms with Crippen LogP contribution < -0.4 is 0 Å². The van der Waals surface area contributed by atoms with Gasteiger partial charge in [0.25, 0.3) is 5.78 Å². The van der Waals surface area contributed by atoms with E-state index in [1.807, 2.05) is 13.0 Å². The molecule has 0 heterocycles. The maximum absolute atomic E-state index is 11.1. The second-order valence-electron chi connectivity index (χ2n) is 3.18. The minimum Gasteiger partial charge on any atom is -0.475 e. The van der Waals surface area contributed by atoms with Gasteiger partial charge in [-0.1, -0.05) is 13.0 Å². The molecule has 0 aliphatic heterocycles. The predicted molar refractivity (Wildman–Crippen MR) is 46.9 cm³/mol. The lowest BCUT2D eigenvalue weighted by molar-refractivity contribution is -0.147. The summed E-state index contributed by atoms with van der Waals surface area (Å²) in [6.07, 6.45) is 5.56. The maximum atomic E-state index is 11.1. The number of carbonyl (C=O) groups excluding carboxylic acids is 1. The molecule has 1 atom stereocenters. The molecular formula is C10H11O3. The first-order valence-electron chi connectivity index (χ1n) is 4.10. The molecule has 0 amide bonds. The van der Waals surface area contributed by atoms with Gasteiger partial charge in [-0.3, -0.25) is 4.79 Å². The Balaban J connectivity index is 2.96. The molecular weight excluding hydrogens is 168 g/mol. The van der Waals surface area contributed by atoms with Gasteiger partial charge < -0.3 is 5.11 Å². The normalized spacial score (nSPS) is 21.8. The third kappa shape index (κ3) is 2.05. The van der Waals surface area contributed by atoms with Crippen molar-refractivity contribution in [1.29, 1.82) is 0 Å². The van der Waals surface area contributed by atoms with Crippen LogP contribution in [0.2, 0.25) is 0 Å². The molecule has 3 nitrogen and oxygen atoms in total. The van der Waals surface area contributed by atoms with Crippen LogP contribution in [0.1, 0.15) is 20.3 Å². The fourth-order valence-corrected chi connectivity index (χ4v) is 1.23. The van der Waals surface area contributed by atoms with Crippen molar-refractivity contribution in [2.45, 2.75) is 20.3 Å². The van der Waals surface area contributed by atoms with Crippen molar-refractivity contribution >= 4 is 11.8 Å². The van der Waals surface area contributed by atoms with Gasteiger partial charge in [-0.2, -0.15) is 0 Å². The third-order valence-electron chi connectivity index (χ3n) is 1.98. The minimum atomic E-state index is -1.41. The van der Waals surface area contributed by atoms with Crippen molar-refractivity contribution < 1.29 is 14.7 Å². The van der Waals surface area contributed by atoms with Gasteiger partial charge in [-0.25, -0.2) is 4.79 Å². The Labute approximate surface area is 76.8 Å². The molecule has 13 heavy (non-hydrogen) atoms. The predicted octanol–water partition coefficient (Wildman–Crippen LogP) is 1.36. The average Bonchev–Trinajstić information content (AvgIpc) is 2.08. The summed E-state index contributed by atoms with van der Waals surface area (Å²) in [7, 11) is 0. The zero-order chi connectivity index (χ0) is 10.0. The lowest BCUT2D eigenvalue weighted by atomic mass is 9.90. The first kappa shape index (κ1) is 9.71. The molecule has 0 bridgehead atoms. The van der Waals surface area contributed by atoms with E-state index in [2.05, 4.69) is 6.08 Å². The minimum absolute atomic E-state index is 0.127. The summed E-state index contributed by atoms with van der Waals surface area (Å²) in [5.74, 6) is -2.15. The molecule has 0 aromatic heterocycles. The van der Waals surface area contributed by atoms with Crippen LogP contribution in [-0.4, -0.2) is 16.9 Å². The highest BCUT2D eigenvalue weighted by molar-refractivity contribution is 6.40. The number of ketones is 1. The second-order valence-corrected chi connectivity index (χ2v) is 3.18. The Morgan fingerprint density at radius 1 is 1.62 bits per heavy atom. The second kappa shape index (κ2) is 3.56. The monoisotopic (exact) mass is 179 g/mol. The number of rotatable bonds is 2. The maximum Gasteiger partial charge on any atom is 0.377 e. The van der Waals surface area contributed by atoms with Gasteiger partial charge in [0.1, 0.15) is 0 Å². The summed E-state index contributed by atoms with van der Waals surface area (Å²) in [6.45, 7) is 3.63. The van der Waals surface area contributed by atoms with Crippen LogP contribution in [0.3, 0.4) is 0 Å². The van der Waals surface area contributed by atoms with Crippen LogP contribution in [0.5, 0.6) is 0 Å². The molecule has 3 heteroatoms. The highest BCUT2D eigenvalue weighted by atomic mass is 16.4. The van der Waals surface area contributed by atoms with Crippen molar-refractivity contribution in [2.24, 2.45) is 5.92 Å². The van der Waals surface area contributed by atoms with Crippen LogP contribution in [0, 0.1) is 12.0 Å². The number of Topliss-reactive ketones (excluding diaryl/α,β-unsaturated/α-hetero) is 1. The van der Waals surface area contributed by atoms with Gasteiger partial charge in [0.2, 0.25) is 0 Å². The van der Waals surface area contributed by atoms with Crippen molar-refractivity contribution in [3.05, 3.63) is 23.3 Å². The molecule has 0 saturated carbocycles. The molecule has 1 unspecified atom stereocenters. The summed E-state index contributed by atoms with van der Waals surface area (Å²) >= 11 is 0. The Bertz CT molecular complexity index is 310. The van der Waals surface area contributed by atoms with Crippen molar-refractivity contribution in [3.63, 3.8) is 0 Å². The number of hydrogen-bond acceptors (Lipinski definition) is 2. The Kier molecular flexibility index (Phi) is 2.66. The Morgan fingerprint density at radius 3 is 2.77 bits per heavy atom. The van der Waals surface area contributed by atoms with E-state index >= 15 is 0 Å². The topological polar surface area (TPSA) is 54.4 Å². The number of aliphatic carboxylic acids is 1. The molecule has 1 aliphatic carbocycles. The number of carboxylic acids is 1. The summed E-state index contributed by atoms with van der Waals surface area (Å²) in [5, 5.41) is 8.50. The molecule has 69 valence electrons. The number of carbonyl (C=O) groups is 2. The molecule has 1 rings (SSSR count). The van der Waals surface area contributed by atoms with Crippen molar-refractivity contribution in [1.82, 2.24) is 0 Å². The zero-order valence-electron chi connectivity index (χ0n) is 7.63. The molecule has 1 N–H and O–H groups in total. The lowest BCUT2D eigenvalue weighted by Gasteiger charge is -2.13. The summed E-state index contributed by atoms with van der Waals surface area (Å²) in [5.41, 5.74) is 0.928. The Hall–Kier alpha value is -1.38. The highest BCUT2D eigenvalue weighted by Gasteiger charge is 2.22. The van der Waals surface area contributed by atoms with Gasteiger partial charge in [0.15, 0.2) is 0 Å². The van der Waals surface area contributed by atoms with Gasteiger partial charge in [-0.15, -0.1) is 0 Å². The van der Waals surface area contributed by atoms with Crippen LogP contribution >= 0.6 is 0 Å². The smallest absolute Gasteiger partial charge is 0.377 e. The van der Waals surface area contributed by atoms with Gasteiger partial charge in [0.05, 0.1) is 0 Å². The summed E-state index contributed by atoms with van der Waals surface area (Å²) in [4.78, 5) is 21.5. The van der Waals surface area contributed by atoms with E-state index in [-0.39, 0.29) is 11.5 Å². The Morgan fingerprint density at radius 2 is 2.23 bits per heavy atom. The first-order chi connectivity index (χ1) is 6.02. The van der Waals surface area contributed by atoms with Crippen molar-refractivity contribution in [3.8, 4) is 0 Å². The van der Waals surface area contributed by atoms with E-state index in [1.54, 1.807) is 6.92 Å². The first-order valence-corrected chi connectivity index (χ1v) is 4.10. The quantitative estimate of drug-likeness (QED) is 0.651. The number of allylic oxidation sites excluding steroid dienone is 3. The number of carboxylic acid groups (broad SMARTS) is 1. The molecule has 0 aromatic rings. The molecule has 1 radical (unpaired) electrons. The third-order valence-corrected chi connectivity index (χ3v) is 1.98. The van der Waals surface area contributed by atoms with Gasteiger partial charge in [-0.05, 0) is 30.9 Å². The van der Waals surface area contributed by atoms with E-state index in [0.29, 0.717) is 5.57 Å².